The number of hydrogen-bond donors (Lipinski definition) is 1. The van der Waals surface area contributed by atoms with Crippen LogP contribution in [0.4, 0.5) is 0 Å². The summed E-state index contributed by atoms with van der Waals surface area (Å²) in [5.74, 6) is 1.91. The van der Waals surface area contributed by atoms with Crippen molar-refractivity contribution in [2.24, 2.45) is 17.3 Å². The van der Waals surface area contributed by atoms with E-state index in [1.54, 1.807) is 7.11 Å². The van der Waals surface area contributed by atoms with E-state index in [2.05, 4.69) is 26.1 Å². The first-order valence-electron chi connectivity index (χ1n) is 8.29. The molecule has 0 aliphatic heterocycles. The molecule has 0 spiro atoms. The van der Waals surface area contributed by atoms with Crippen LogP contribution in [0.1, 0.15) is 52.9 Å². The fourth-order valence-corrected chi connectivity index (χ4v) is 4.24. The second kappa shape index (κ2) is 6.76. The normalized spacial score (nSPS) is 33.0. The lowest BCUT2D eigenvalue weighted by Crippen LogP contribution is -2.41. The highest BCUT2D eigenvalue weighted by Gasteiger charge is 2.50. The summed E-state index contributed by atoms with van der Waals surface area (Å²) in [7, 11) is 1.77. The average Bonchev–Trinajstić information content (AvgIpc) is 2.94. The zero-order valence-electron chi connectivity index (χ0n) is 13.8. The summed E-state index contributed by atoms with van der Waals surface area (Å²) in [4.78, 5) is 0. The van der Waals surface area contributed by atoms with Crippen LogP contribution in [0.3, 0.4) is 0 Å². The van der Waals surface area contributed by atoms with Crippen molar-refractivity contribution >= 4 is 0 Å². The van der Waals surface area contributed by atoms with Gasteiger partial charge in [0.05, 0.1) is 12.2 Å². The Hall–Kier alpha value is -0.120. The standard InChI is InChI=1S/C17H33NO2/c1-16(2,3)20-9-7-17(13-18-8-10-19-4)12-14-5-6-15(17)11-14/h14-15,18H,5-13H2,1-4H3. The summed E-state index contributed by atoms with van der Waals surface area (Å²) < 4.78 is 11.1. The van der Waals surface area contributed by atoms with Crippen LogP contribution in [0.2, 0.25) is 0 Å². The highest BCUT2D eigenvalue weighted by Crippen LogP contribution is 2.57. The molecule has 2 saturated carbocycles. The van der Waals surface area contributed by atoms with Gasteiger partial charge in [0.1, 0.15) is 0 Å². The predicted octanol–water partition coefficient (Wildman–Crippen LogP) is 3.23. The minimum absolute atomic E-state index is 0.0116. The minimum atomic E-state index is -0.0116. The fourth-order valence-electron chi connectivity index (χ4n) is 4.24. The van der Waals surface area contributed by atoms with E-state index in [-0.39, 0.29) is 5.60 Å². The predicted molar refractivity (Wildman–Crippen MR) is 82.9 cm³/mol. The van der Waals surface area contributed by atoms with Crippen LogP contribution in [-0.2, 0) is 9.47 Å². The Bertz CT molecular complexity index is 300. The number of hydrogen-bond acceptors (Lipinski definition) is 3. The maximum Gasteiger partial charge on any atom is 0.0598 e. The number of nitrogens with one attached hydrogen (secondary N) is 1. The average molecular weight is 283 g/mol. The maximum absolute atomic E-state index is 6.00. The van der Waals surface area contributed by atoms with E-state index in [9.17, 15) is 0 Å². The molecule has 0 amide bonds. The molecular weight excluding hydrogens is 250 g/mol. The molecular formula is C17H33NO2. The Kier molecular flexibility index (Phi) is 5.49. The highest BCUT2D eigenvalue weighted by molar-refractivity contribution is 5.01. The second-order valence-electron chi connectivity index (χ2n) is 7.82. The second-order valence-corrected chi connectivity index (χ2v) is 7.82. The minimum Gasteiger partial charge on any atom is -0.383 e. The van der Waals surface area contributed by atoms with E-state index in [1.807, 2.05) is 0 Å². The summed E-state index contributed by atoms with van der Waals surface area (Å²) >= 11 is 0. The van der Waals surface area contributed by atoms with Crippen LogP contribution in [0, 0.1) is 17.3 Å². The van der Waals surface area contributed by atoms with E-state index < -0.39 is 0 Å². The molecule has 2 rings (SSSR count). The Morgan fingerprint density at radius 3 is 2.55 bits per heavy atom. The molecule has 0 aromatic rings. The molecule has 3 atom stereocenters. The Balaban J connectivity index is 1.84. The number of ether oxygens (including phenoxy) is 2. The van der Waals surface area contributed by atoms with Gasteiger partial charge in [-0.3, -0.25) is 0 Å². The largest absolute Gasteiger partial charge is 0.383 e. The highest BCUT2D eigenvalue weighted by atomic mass is 16.5. The SMILES string of the molecule is COCCNCC1(CCOC(C)(C)C)CC2CCC1C2. The van der Waals surface area contributed by atoms with Crippen molar-refractivity contribution < 1.29 is 9.47 Å². The molecule has 2 bridgehead atoms. The van der Waals surface area contributed by atoms with E-state index in [1.165, 1.54) is 32.1 Å². The lowest BCUT2D eigenvalue weighted by Gasteiger charge is -2.39. The van der Waals surface area contributed by atoms with Gasteiger partial charge < -0.3 is 14.8 Å². The van der Waals surface area contributed by atoms with Gasteiger partial charge in [-0.25, -0.2) is 0 Å². The van der Waals surface area contributed by atoms with Gasteiger partial charge >= 0.3 is 0 Å². The Labute approximate surface area is 124 Å². The molecule has 1 N–H and O–H groups in total. The third kappa shape index (κ3) is 4.19. The van der Waals surface area contributed by atoms with Crippen molar-refractivity contribution in [3.05, 3.63) is 0 Å². The Morgan fingerprint density at radius 2 is 2.00 bits per heavy atom. The molecule has 3 unspecified atom stereocenters. The smallest absolute Gasteiger partial charge is 0.0598 e. The van der Waals surface area contributed by atoms with Gasteiger partial charge in [0.15, 0.2) is 0 Å². The molecule has 2 aliphatic rings. The van der Waals surface area contributed by atoms with Crippen LogP contribution in [-0.4, -0.2) is 39.0 Å². The van der Waals surface area contributed by atoms with Crippen LogP contribution in [0.15, 0.2) is 0 Å². The third-order valence-electron chi connectivity index (χ3n) is 5.20. The molecule has 0 aromatic carbocycles. The lowest BCUT2D eigenvalue weighted by molar-refractivity contribution is -0.0269. The molecule has 0 heterocycles. The molecule has 0 radical (unpaired) electrons. The summed E-state index contributed by atoms with van der Waals surface area (Å²) in [5.41, 5.74) is 0.476. The van der Waals surface area contributed by atoms with Gasteiger partial charge in [-0.15, -0.1) is 0 Å². The zero-order chi connectivity index (χ0) is 14.6. The van der Waals surface area contributed by atoms with Crippen LogP contribution < -0.4 is 5.32 Å². The quantitative estimate of drug-likeness (QED) is 0.694. The molecule has 20 heavy (non-hydrogen) atoms. The summed E-state index contributed by atoms with van der Waals surface area (Å²) in [6.07, 6.45) is 6.98. The number of rotatable bonds is 8. The van der Waals surface area contributed by atoms with Crippen molar-refractivity contribution in [3.63, 3.8) is 0 Å². The van der Waals surface area contributed by atoms with Crippen molar-refractivity contribution in [1.82, 2.24) is 5.32 Å². The van der Waals surface area contributed by atoms with Crippen LogP contribution >= 0.6 is 0 Å². The molecule has 3 heteroatoms. The monoisotopic (exact) mass is 283 g/mol. The van der Waals surface area contributed by atoms with E-state index in [0.29, 0.717) is 5.41 Å². The third-order valence-corrected chi connectivity index (χ3v) is 5.20. The Morgan fingerprint density at radius 1 is 1.20 bits per heavy atom. The number of fused-ring (bicyclic) bond motifs is 2. The van der Waals surface area contributed by atoms with Gasteiger partial charge in [0.2, 0.25) is 0 Å². The van der Waals surface area contributed by atoms with E-state index in [4.69, 9.17) is 9.47 Å². The van der Waals surface area contributed by atoms with Crippen molar-refractivity contribution in [2.45, 2.75) is 58.5 Å². The topological polar surface area (TPSA) is 30.5 Å². The van der Waals surface area contributed by atoms with Gasteiger partial charge in [0.25, 0.3) is 0 Å². The first-order valence-corrected chi connectivity index (χ1v) is 8.29. The van der Waals surface area contributed by atoms with Gasteiger partial charge in [-0.1, -0.05) is 6.42 Å². The molecule has 2 fully saturated rings. The van der Waals surface area contributed by atoms with Crippen LogP contribution in [0.5, 0.6) is 0 Å². The van der Waals surface area contributed by atoms with Crippen LogP contribution in [0.25, 0.3) is 0 Å². The summed E-state index contributed by atoms with van der Waals surface area (Å²) in [6.45, 7) is 10.3. The summed E-state index contributed by atoms with van der Waals surface area (Å²) in [5, 5.41) is 3.62. The van der Waals surface area contributed by atoms with E-state index >= 15 is 0 Å². The number of methoxy groups -OCH3 is 1. The van der Waals surface area contributed by atoms with Crippen molar-refractivity contribution in [1.29, 1.82) is 0 Å². The van der Waals surface area contributed by atoms with Gasteiger partial charge in [-0.2, -0.15) is 0 Å². The molecule has 0 saturated heterocycles. The lowest BCUT2D eigenvalue weighted by atomic mass is 9.71. The van der Waals surface area contributed by atoms with Gasteiger partial charge in [-0.05, 0) is 63.7 Å². The van der Waals surface area contributed by atoms with Crippen molar-refractivity contribution in [3.8, 4) is 0 Å². The fraction of sp³-hybridized carbons (Fsp3) is 1.00. The first kappa shape index (κ1) is 16.3. The molecule has 0 aromatic heterocycles. The molecule has 118 valence electrons. The maximum atomic E-state index is 6.00. The molecule has 2 aliphatic carbocycles. The zero-order valence-corrected chi connectivity index (χ0v) is 13.8. The first-order chi connectivity index (χ1) is 9.45. The van der Waals surface area contributed by atoms with E-state index in [0.717, 1.165) is 38.1 Å². The van der Waals surface area contributed by atoms with Crippen molar-refractivity contribution in [2.75, 3.05) is 33.4 Å². The molecule has 3 nitrogen and oxygen atoms in total. The summed E-state index contributed by atoms with van der Waals surface area (Å²) in [6, 6.07) is 0. The van der Waals surface area contributed by atoms with Gasteiger partial charge in [0, 0.05) is 26.8 Å².